The third-order valence-corrected chi connectivity index (χ3v) is 4.83. The summed E-state index contributed by atoms with van der Waals surface area (Å²) in [6.45, 7) is 3.52. The molecule has 21 heavy (non-hydrogen) atoms. The predicted octanol–water partition coefficient (Wildman–Crippen LogP) is 3.16. The molecule has 2 N–H and O–H groups in total. The Morgan fingerprint density at radius 2 is 2.10 bits per heavy atom. The van der Waals surface area contributed by atoms with E-state index in [2.05, 4.69) is 15.5 Å². The Hall–Kier alpha value is -1.89. The lowest BCUT2D eigenvalue weighted by atomic mass is 10.0. The number of fused-ring (bicyclic) bond motifs is 1. The van der Waals surface area contributed by atoms with Crippen molar-refractivity contribution in [2.24, 2.45) is 0 Å². The van der Waals surface area contributed by atoms with E-state index in [-0.39, 0.29) is 11.5 Å². The summed E-state index contributed by atoms with van der Waals surface area (Å²) in [7, 11) is 0. The molecule has 2 aromatic rings. The minimum absolute atomic E-state index is 0.202. The number of hydrogen-bond donors (Lipinski definition) is 2. The van der Waals surface area contributed by atoms with Gasteiger partial charge in [0, 0.05) is 16.8 Å². The average Bonchev–Trinajstić information content (AvgIpc) is 2.73. The molecule has 0 fully saturated rings. The van der Waals surface area contributed by atoms with Crippen molar-refractivity contribution in [2.75, 3.05) is 5.32 Å². The van der Waals surface area contributed by atoms with Crippen LogP contribution in [-0.2, 0) is 4.79 Å². The van der Waals surface area contributed by atoms with Crippen LogP contribution in [0.15, 0.2) is 18.2 Å². The van der Waals surface area contributed by atoms with Crippen molar-refractivity contribution in [2.45, 2.75) is 24.3 Å². The molecule has 110 valence electrons. The van der Waals surface area contributed by atoms with E-state index in [0.717, 1.165) is 17.8 Å². The Balaban J connectivity index is 2.18. The molecular weight excluding hydrogens is 296 g/mol. The zero-order valence-corrected chi connectivity index (χ0v) is 12.2. The normalized spacial score (nSPS) is 21.6. The number of aryl methyl sites for hydroxylation is 1. The third-order valence-electron chi connectivity index (χ3n) is 3.45. The van der Waals surface area contributed by atoms with E-state index in [9.17, 15) is 13.6 Å². The van der Waals surface area contributed by atoms with Crippen molar-refractivity contribution in [3.8, 4) is 0 Å². The largest absolute Gasteiger partial charge is 0.308 e. The van der Waals surface area contributed by atoms with Gasteiger partial charge in [0.2, 0.25) is 5.91 Å². The van der Waals surface area contributed by atoms with Gasteiger partial charge in [0.1, 0.15) is 11.6 Å². The number of thioether (sulfide) groups is 1. The number of nitrogens with one attached hydrogen (secondary N) is 2. The number of H-pyrrole nitrogens is 1. The smallest absolute Gasteiger partial charge is 0.238 e. The molecule has 1 amide bonds. The number of carbonyl (C=O) groups excluding carboxylic acids is 1. The van der Waals surface area contributed by atoms with E-state index >= 15 is 0 Å². The first-order chi connectivity index (χ1) is 9.97. The van der Waals surface area contributed by atoms with Gasteiger partial charge in [0.25, 0.3) is 0 Å². The molecule has 0 aliphatic carbocycles. The molecule has 7 heteroatoms. The molecule has 1 aliphatic rings. The van der Waals surface area contributed by atoms with Gasteiger partial charge >= 0.3 is 0 Å². The molecule has 2 unspecified atom stereocenters. The summed E-state index contributed by atoms with van der Waals surface area (Å²) in [5.74, 6) is -0.831. The first-order valence-electron chi connectivity index (χ1n) is 6.43. The van der Waals surface area contributed by atoms with E-state index in [1.54, 1.807) is 13.8 Å². The van der Waals surface area contributed by atoms with Gasteiger partial charge in [-0.25, -0.2) is 8.78 Å². The first kappa shape index (κ1) is 14.1. The molecule has 2 heterocycles. The molecule has 4 nitrogen and oxygen atoms in total. The number of nitrogens with zero attached hydrogens (tertiary/aromatic N) is 1. The Morgan fingerprint density at radius 3 is 2.86 bits per heavy atom. The number of carbonyl (C=O) groups is 1. The Bertz CT molecular complexity index is 716. The van der Waals surface area contributed by atoms with E-state index in [1.165, 1.54) is 17.8 Å². The number of rotatable bonds is 1. The monoisotopic (exact) mass is 309 g/mol. The SMILES string of the molecule is Cc1[nH]nc2c1C(c1cc(F)ccc1F)SC(C)C(=O)N2. The Morgan fingerprint density at radius 1 is 1.33 bits per heavy atom. The minimum Gasteiger partial charge on any atom is -0.308 e. The maximum atomic E-state index is 14.1. The molecule has 1 aromatic carbocycles. The highest BCUT2D eigenvalue weighted by atomic mass is 32.2. The fourth-order valence-corrected chi connectivity index (χ4v) is 3.69. The number of hydrogen-bond acceptors (Lipinski definition) is 3. The molecular formula is C14H13F2N3OS. The molecule has 1 aromatic heterocycles. The van der Waals surface area contributed by atoms with Crippen LogP contribution in [0.2, 0.25) is 0 Å². The van der Waals surface area contributed by atoms with Crippen LogP contribution in [0, 0.1) is 18.6 Å². The number of aromatic amines is 1. The van der Waals surface area contributed by atoms with Crippen molar-refractivity contribution >= 4 is 23.5 Å². The molecule has 0 saturated heterocycles. The van der Waals surface area contributed by atoms with Crippen LogP contribution in [0.1, 0.15) is 29.0 Å². The average molecular weight is 309 g/mol. The second kappa shape index (κ2) is 5.14. The number of benzene rings is 1. The number of amides is 1. The number of halogens is 2. The molecule has 1 aliphatic heterocycles. The lowest BCUT2D eigenvalue weighted by Gasteiger charge is -2.18. The van der Waals surface area contributed by atoms with Gasteiger partial charge in [0.15, 0.2) is 5.82 Å². The summed E-state index contributed by atoms with van der Waals surface area (Å²) >= 11 is 1.27. The zero-order chi connectivity index (χ0) is 15.1. The van der Waals surface area contributed by atoms with Crippen LogP contribution in [0.25, 0.3) is 0 Å². The highest BCUT2D eigenvalue weighted by Crippen LogP contribution is 2.45. The summed E-state index contributed by atoms with van der Waals surface area (Å²) in [6, 6.07) is 3.35. The summed E-state index contributed by atoms with van der Waals surface area (Å²) in [4.78, 5) is 12.0. The maximum Gasteiger partial charge on any atom is 0.238 e. The Kier molecular flexibility index (Phi) is 3.44. The lowest BCUT2D eigenvalue weighted by Crippen LogP contribution is -2.21. The van der Waals surface area contributed by atoms with Crippen LogP contribution < -0.4 is 5.32 Å². The fraction of sp³-hybridized carbons (Fsp3) is 0.286. The van der Waals surface area contributed by atoms with Gasteiger partial charge in [-0.15, -0.1) is 11.8 Å². The topological polar surface area (TPSA) is 57.8 Å². The third kappa shape index (κ3) is 2.42. The number of aromatic nitrogens is 2. The van der Waals surface area contributed by atoms with Gasteiger partial charge in [-0.05, 0) is 32.0 Å². The van der Waals surface area contributed by atoms with Gasteiger partial charge in [-0.3, -0.25) is 9.89 Å². The lowest BCUT2D eigenvalue weighted by molar-refractivity contribution is -0.115. The van der Waals surface area contributed by atoms with Crippen molar-refractivity contribution in [3.05, 3.63) is 46.7 Å². The molecule has 0 saturated carbocycles. The fourth-order valence-electron chi connectivity index (χ4n) is 2.35. The zero-order valence-electron chi connectivity index (χ0n) is 11.4. The van der Waals surface area contributed by atoms with Gasteiger partial charge in [0.05, 0.1) is 10.5 Å². The van der Waals surface area contributed by atoms with Gasteiger partial charge < -0.3 is 5.32 Å². The second-order valence-electron chi connectivity index (χ2n) is 4.92. The summed E-state index contributed by atoms with van der Waals surface area (Å²) < 4.78 is 27.6. The highest BCUT2D eigenvalue weighted by Gasteiger charge is 2.33. The second-order valence-corrected chi connectivity index (χ2v) is 6.38. The van der Waals surface area contributed by atoms with E-state index in [0.29, 0.717) is 11.4 Å². The van der Waals surface area contributed by atoms with Crippen LogP contribution >= 0.6 is 11.8 Å². The van der Waals surface area contributed by atoms with Crippen molar-refractivity contribution in [1.29, 1.82) is 0 Å². The van der Waals surface area contributed by atoms with Crippen LogP contribution in [0.4, 0.5) is 14.6 Å². The van der Waals surface area contributed by atoms with Crippen LogP contribution in [0.5, 0.6) is 0 Å². The van der Waals surface area contributed by atoms with E-state index in [1.807, 2.05) is 0 Å². The molecule has 0 radical (unpaired) electrons. The van der Waals surface area contributed by atoms with Crippen molar-refractivity contribution in [3.63, 3.8) is 0 Å². The summed E-state index contributed by atoms with van der Waals surface area (Å²) in [6.07, 6.45) is 0. The summed E-state index contributed by atoms with van der Waals surface area (Å²) in [5.41, 5.74) is 1.62. The van der Waals surface area contributed by atoms with E-state index < -0.39 is 22.1 Å². The number of anilines is 1. The molecule has 2 atom stereocenters. The van der Waals surface area contributed by atoms with Crippen LogP contribution in [-0.4, -0.2) is 21.4 Å². The summed E-state index contributed by atoms with van der Waals surface area (Å²) in [5, 5.41) is 8.64. The molecule has 0 bridgehead atoms. The Labute approximate surface area is 124 Å². The van der Waals surface area contributed by atoms with Crippen LogP contribution in [0.3, 0.4) is 0 Å². The minimum atomic E-state index is -0.508. The van der Waals surface area contributed by atoms with Gasteiger partial charge in [-0.2, -0.15) is 5.10 Å². The predicted molar refractivity (Wildman–Crippen MR) is 77.2 cm³/mol. The van der Waals surface area contributed by atoms with Gasteiger partial charge in [-0.1, -0.05) is 0 Å². The quantitative estimate of drug-likeness (QED) is 0.851. The molecule has 0 spiro atoms. The maximum absolute atomic E-state index is 14.1. The van der Waals surface area contributed by atoms with Crippen molar-refractivity contribution < 1.29 is 13.6 Å². The molecule has 3 rings (SSSR count). The van der Waals surface area contributed by atoms with Crippen molar-refractivity contribution in [1.82, 2.24) is 10.2 Å². The first-order valence-corrected chi connectivity index (χ1v) is 7.37. The van der Waals surface area contributed by atoms with E-state index in [4.69, 9.17) is 0 Å². The highest BCUT2D eigenvalue weighted by molar-refractivity contribution is 8.01. The standard InChI is InChI=1S/C14H13F2N3OS/c1-6-11-12(9-5-8(15)3-4-10(9)16)21-7(2)14(20)17-13(11)19-18-6/h3-5,7,12H,1-2H3,(H2,17,18,19,20).